The van der Waals surface area contributed by atoms with Crippen molar-refractivity contribution in [2.75, 3.05) is 0 Å². The molecular formula is C15H18O5. The first-order valence-corrected chi connectivity index (χ1v) is 6.86. The Morgan fingerprint density at radius 3 is 2.90 bits per heavy atom. The summed E-state index contributed by atoms with van der Waals surface area (Å²) in [6.45, 7) is 1.30. The summed E-state index contributed by atoms with van der Waals surface area (Å²) in [7, 11) is 0. The number of rotatable bonds is 1. The Kier molecular flexibility index (Phi) is 3.18. The number of hydrogen-bond donors (Lipinski definition) is 2. The van der Waals surface area contributed by atoms with Crippen LogP contribution in [0.1, 0.15) is 37.9 Å². The Morgan fingerprint density at radius 1 is 1.40 bits per heavy atom. The number of esters is 1. The van der Waals surface area contributed by atoms with Crippen molar-refractivity contribution in [3.05, 3.63) is 29.8 Å². The molecule has 0 saturated heterocycles. The van der Waals surface area contributed by atoms with E-state index in [4.69, 9.17) is 9.47 Å². The van der Waals surface area contributed by atoms with Gasteiger partial charge in [0.15, 0.2) is 5.60 Å². The molecule has 0 unspecified atom stereocenters. The number of para-hydroxylation sites is 1. The highest BCUT2D eigenvalue weighted by molar-refractivity contribution is 5.66. The van der Waals surface area contributed by atoms with Crippen molar-refractivity contribution in [2.45, 2.75) is 50.1 Å². The quantitative estimate of drug-likeness (QED) is 0.758. The minimum atomic E-state index is -1.59. The van der Waals surface area contributed by atoms with Crippen LogP contribution in [-0.2, 0) is 9.53 Å². The van der Waals surface area contributed by atoms with Gasteiger partial charge in [0.05, 0.1) is 0 Å². The van der Waals surface area contributed by atoms with E-state index in [9.17, 15) is 15.0 Å². The summed E-state index contributed by atoms with van der Waals surface area (Å²) in [6, 6.07) is 7.09. The van der Waals surface area contributed by atoms with Crippen molar-refractivity contribution in [1.82, 2.24) is 0 Å². The van der Waals surface area contributed by atoms with Crippen molar-refractivity contribution < 1.29 is 24.5 Å². The molecule has 0 bridgehead atoms. The van der Waals surface area contributed by atoms with Crippen molar-refractivity contribution in [1.29, 1.82) is 0 Å². The van der Waals surface area contributed by atoms with Crippen LogP contribution in [0.5, 0.6) is 5.75 Å². The van der Waals surface area contributed by atoms with Gasteiger partial charge in [-0.05, 0) is 25.3 Å². The molecule has 1 saturated carbocycles. The molecule has 108 valence electrons. The van der Waals surface area contributed by atoms with E-state index in [1.54, 1.807) is 18.2 Å². The molecule has 0 radical (unpaired) electrons. The summed E-state index contributed by atoms with van der Waals surface area (Å²) >= 11 is 0. The molecule has 2 aliphatic rings. The number of carbonyl (C=O) groups is 1. The fourth-order valence-electron chi connectivity index (χ4n) is 3.23. The molecule has 5 heteroatoms. The highest BCUT2D eigenvalue weighted by atomic mass is 16.6. The highest BCUT2D eigenvalue weighted by Gasteiger charge is 2.58. The van der Waals surface area contributed by atoms with Gasteiger partial charge in [0, 0.05) is 12.5 Å². The summed E-state index contributed by atoms with van der Waals surface area (Å²) in [5, 5.41) is 21.5. The SMILES string of the molecule is CC(=O)O[C@H]1CCC[C@H]2Oc3ccccc3[C@H](O)[C@@]12O. The van der Waals surface area contributed by atoms with Crippen LogP contribution in [0.15, 0.2) is 24.3 Å². The molecule has 1 aromatic carbocycles. The third-order valence-corrected chi connectivity index (χ3v) is 4.19. The third-order valence-electron chi connectivity index (χ3n) is 4.19. The molecule has 0 aromatic heterocycles. The summed E-state index contributed by atoms with van der Waals surface area (Å²) in [6.07, 6.45) is -0.510. The molecule has 4 atom stereocenters. The van der Waals surface area contributed by atoms with Crippen LogP contribution in [-0.4, -0.2) is 34.0 Å². The predicted octanol–water partition coefficient (Wildman–Crippen LogP) is 1.33. The third kappa shape index (κ3) is 1.89. The normalized spacial score (nSPS) is 35.5. The van der Waals surface area contributed by atoms with Crippen molar-refractivity contribution in [3.8, 4) is 5.75 Å². The van der Waals surface area contributed by atoms with Crippen LogP contribution >= 0.6 is 0 Å². The first kappa shape index (κ1) is 13.4. The Morgan fingerprint density at radius 2 is 2.15 bits per heavy atom. The minimum Gasteiger partial charge on any atom is -0.487 e. The van der Waals surface area contributed by atoms with Crippen molar-refractivity contribution in [3.63, 3.8) is 0 Å². The standard InChI is InChI=1S/C15H18O5/c1-9(16)19-12-7-4-8-13-15(12,18)14(17)10-5-2-3-6-11(10)20-13/h2-3,5-6,12-14,17-18H,4,7-8H2,1H3/t12-,13+,14-,15+/m0/s1. The fraction of sp³-hybridized carbons (Fsp3) is 0.533. The van der Waals surface area contributed by atoms with E-state index in [1.165, 1.54) is 6.92 Å². The van der Waals surface area contributed by atoms with Crippen LogP contribution < -0.4 is 4.74 Å². The van der Waals surface area contributed by atoms with Gasteiger partial charge >= 0.3 is 5.97 Å². The van der Waals surface area contributed by atoms with Crippen LogP contribution in [0.4, 0.5) is 0 Å². The predicted molar refractivity (Wildman–Crippen MR) is 70.2 cm³/mol. The maximum atomic E-state index is 11.2. The number of aliphatic hydroxyl groups excluding tert-OH is 1. The molecule has 1 aromatic rings. The molecule has 0 amide bonds. The van der Waals surface area contributed by atoms with Gasteiger partial charge in [-0.15, -0.1) is 0 Å². The maximum absolute atomic E-state index is 11.2. The molecule has 1 aliphatic heterocycles. The highest BCUT2D eigenvalue weighted by Crippen LogP contribution is 2.48. The van der Waals surface area contributed by atoms with Crippen LogP contribution in [0.2, 0.25) is 0 Å². The van der Waals surface area contributed by atoms with E-state index < -0.39 is 29.9 Å². The van der Waals surface area contributed by atoms with E-state index in [1.807, 2.05) is 6.07 Å². The molecule has 5 nitrogen and oxygen atoms in total. The number of carbonyl (C=O) groups excluding carboxylic acids is 1. The van der Waals surface area contributed by atoms with E-state index in [2.05, 4.69) is 0 Å². The number of aliphatic hydroxyl groups is 2. The van der Waals surface area contributed by atoms with Crippen LogP contribution in [0.25, 0.3) is 0 Å². The average Bonchev–Trinajstić information content (AvgIpc) is 2.42. The lowest BCUT2D eigenvalue weighted by Crippen LogP contribution is -2.63. The van der Waals surface area contributed by atoms with Gasteiger partial charge in [0.1, 0.15) is 24.1 Å². The van der Waals surface area contributed by atoms with Gasteiger partial charge in [-0.3, -0.25) is 4.79 Å². The Hall–Kier alpha value is -1.59. The number of ether oxygens (including phenoxy) is 2. The molecule has 2 N–H and O–H groups in total. The molecule has 1 heterocycles. The second-order valence-electron chi connectivity index (χ2n) is 5.46. The summed E-state index contributed by atoms with van der Waals surface area (Å²) in [4.78, 5) is 11.2. The smallest absolute Gasteiger partial charge is 0.303 e. The molecule has 1 fully saturated rings. The molecule has 20 heavy (non-hydrogen) atoms. The second-order valence-corrected chi connectivity index (χ2v) is 5.46. The summed E-state index contributed by atoms with van der Waals surface area (Å²) < 4.78 is 11.0. The van der Waals surface area contributed by atoms with Gasteiger partial charge in [-0.2, -0.15) is 0 Å². The zero-order chi connectivity index (χ0) is 14.3. The Labute approximate surface area is 117 Å². The van der Waals surface area contributed by atoms with Gasteiger partial charge in [0.2, 0.25) is 0 Å². The van der Waals surface area contributed by atoms with E-state index in [0.717, 1.165) is 6.42 Å². The second kappa shape index (κ2) is 4.75. The summed E-state index contributed by atoms with van der Waals surface area (Å²) in [5.41, 5.74) is -1.05. The topological polar surface area (TPSA) is 76.0 Å². The first-order valence-electron chi connectivity index (χ1n) is 6.86. The van der Waals surface area contributed by atoms with Crippen LogP contribution in [0.3, 0.4) is 0 Å². The average molecular weight is 278 g/mol. The van der Waals surface area contributed by atoms with Crippen molar-refractivity contribution >= 4 is 5.97 Å². The lowest BCUT2D eigenvalue weighted by Gasteiger charge is -2.50. The van der Waals surface area contributed by atoms with Gasteiger partial charge in [0.25, 0.3) is 0 Å². The monoisotopic (exact) mass is 278 g/mol. The molecular weight excluding hydrogens is 260 g/mol. The lowest BCUT2D eigenvalue weighted by atomic mass is 9.72. The summed E-state index contributed by atoms with van der Waals surface area (Å²) in [5.74, 6) is 0.119. The van der Waals surface area contributed by atoms with Gasteiger partial charge in [-0.1, -0.05) is 18.2 Å². The molecule has 1 aliphatic carbocycles. The fourth-order valence-corrected chi connectivity index (χ4v) is 3.23. The zero-order valence-electron chi connectivity index (χ0n) is 11.3. The van der Waals surface area contributed by atoms with E-state index >= 15 is 0 Å². The lowest BCUT2D eigenvalue weighted by molar-refractivity contribution is -0.232. The zero-order valence-corrected chi connectivity index (χ0v) is 11.3. The molecule has 3 rings (SSSR count). The van der Waals surface area contributed by atoms with Crippen LogP contribution in [0, 0.1) is 0 Å². The molecule has 0 spiro atoms. The Balaban J connectivity index is 2.01. The number of fused-ring (bicyclic) bond motifs is 2. The number of hydrogen-bond acceptors (Lipinski definition) is 5. The van der Waals surface area contributed by atoms with E-state index in [-0.39, 0.29) is 0 Å². The minimum absolute atomic E-state index is 0.463. The van der Waals surface area contributed by atoms with Gasteiger partial charge in [-0.25, -0.2) is 0 Å². The largest absolute Gasteiger partial charge is 0.487 e. The first-order chi connectivity index (χ1) is 9.53. The van der Waals surface area contributed by atoms with Crippen molar-refractivity contribution in [2.24, 2.45) is 0 Å². The maximum Gasteiger partial charge on any atom is 0.303 e. The Bertz CT molecular complexity index is 529. The van der Waals surface area contributed by atoms with E-state index in [0.29, 0.717) is 24.2 Å². The number of benzene rings is 1. The van der Waals surface area contributed by atoms with Gasteiger partial charge < -0.3 is 19.7 Å².